The average Bonchev–Trinajstić information content (AvgIpc) is 2.67. The molecule has 11 heteroatoms. The van der Waals surface area contributed by atoms with E-state index in [2.05, 4.69) is 30.0 Å². The Kier molecular flexibility index (Phi) is 5.62. The number of nitrogens with zero attached hydrogens (tertiary/aromatic N) is 4. The molecule has 0 aromatic carbocycles. The minimum atomic E-state index is -4.66. The lowest BCUT2D eigenvalue weighted by atomic mass is 10.2. The fourth-order valence-corrected chi connectivity index (χ4v) is 2.18. The van der Waals surface area contributed by atoms with Crippen LogP contribution in [0.15, 0.2) is 48.9 Å². The number of hydrogen-bond donors (Lipinski definition) is 1. The van der Waals surface area contributed by atoms with Gasteiger partial charge in [-0.3, -0.25) is 9.97 Å². The first-order chi connectivity index (χ1) is 13.3. The van der Waals surface area contributed by atoms with Gasteiger partial charge in [0.2, 0.25) is 0 Å². The number of anilines is 1. The number of aromatic nitrogens is 4. The van der Waals surface area contributed by atoms with Gasteiger partial charge >= 0.3 is 12.8 Å². The molecule has 1 N–H and O–H groups in total. The zero-order valence-corrected chi connectivity index (χ0v) is 14.0. The van der Waals surface area contributed by atoms with E-state index in [0.717, 1.165) is 12.3 Å². The number of rotatable bonds is 6. The minimum absolute atomic E-state index is 0.0130. The molecule has 0 spiro atoms. The molecule has 3 rings (SSSR count). The monoisotopic (exact) mass is 397 g/mol. The molecular weight excluding hydrogens is 385 g/mol. The Labute approximate surface area is 155 Å². The number of pyridine rings is 2. The highest BCUT2D eigenvalue weighted by Gasteiger charge is 2.33. The van der Waals surface area contributed by atoms with Crippen molar-refractivity contribution in [3.05, 3.63) is 60.3 Å². The van der Waals surface area contributed by atoms with Crippen LogP contribution < -0.4 is 10.1 Å². The van der Waals surface area contributed by atoms with Crippen molar-refractivity contribution in [1.82, 2.24) is 19.9 Å². The van der Waals surface area contributed by atoms with Gasteiger partial charge in [0.15, 0.2) is 11.5 Å². The molecule has 0 bridgehead atoms. The van der Waals surface area contributed by atoms with Crippen molar-refractivity contribution in [1.29, 1.82) is 0 Å². The second-order valence-electron chi connectivity index (χ2n) is 5.41. The van der Waals surface area contributed by atoms with Gasteiger partial charge in [-0.25, -0.2) is 9.97 Å². The largest absolute Gasteiger partial charge is 0.433 e. The number of nitrogens with one attached hydrogen (secondary N) is 1. The lowest BCUT2D eigenvalue weighted by Crippen LogP contribution is -2.12. The zero-order chi connectivity index (χ0) is 20.1. The number of alkyl halides is 5. The maximum Gasteiger partial charge on any atom is 0.433 e. The van der Waals surface area contributed by atoms with Crippen LogP contribution in [0.5, 0.6) is 5.75 Å². The maximum atomic E-state index is 13.2. The molecule has 0 amide bonds. The van der Waals surface area contributed by atoms with Crippen LogP contribution in [-0.4, -0.2) is 26.5 Å². The van der Waals surface area contributed by atoms with Crippen LogP contribution in [0.4, 0.5) is 27.8 Å². The van der Waals surface area contributed by atoms with Gasteiger partial charge < -0.3 is 10.1 Å². The van der Waals surface area contributed by atoms with Crippen LogP contribution in [0.3, 0.4) is 0 Å². The van der Waals surface area contributed by atoms with E-state index in [1.165, 1.54) is 36.7 Å². The van der Waals surface area contributed by atoms with Gasteiger partial charge in [-0.05, 0) is 24.3 Å². The van der Waals surface area contributed by atoms with E-state index >= 15 is 0 Å². The molecule has 146 valence electrons. The molecule has 0 aliphatic carbocycles. The molecule has 6 nitrogen and oxygen atoms in total. The van der Waals surface area contributed by atoms with Gasteiger partial charge in [-0.2, -0.15) is 22.0 Å². The molecule has 0 radical (unpaired) electrons. The van der Waals surface area contributed by atoms with Crippen LogP contribution >= 0.6 is 0 Å². The Hall–Kier alpha value is -3.37. The highest BCUT2D eigenvalue weighted by atomic mass is 19.4. The Bertz CT molecular complexity index is 919. The lowest BCUT2D eigenvalue weighted by Gasteiger charge is -2.12. The predicted octanol–water partition coefficient (Wildman–Crippen LogP) is 4.17. The van der Waals surface area contributed by atoms with Crippen molar-refractivity contribution in [2.75, 3.05) is 5.32 Å². The molecule has 0 saturated heterocycles. The van der Waals surface area contributed by atoms with Crippen LogP contribution in [0.1, 0.15) is 11.4 Å². The first-order valence-corrected chi connectivity index (χ1v) is 7.81. The Morgan fingerprint density at radius 2 is 1.79 bits per heavy atom. The number of halogens is 5. The van der Waals surface area contributed by atoms with Crippen molar-refractivity contribution in [2.45, 2.75) is 19.3 Å². The van der Waals surface area contributed by atoms with Crippen LogP contribution in [0, 0.1) is 0 Å². The van der Waals surface area contributed by atoms with Crippen molar-refractivity contribution in [3.8, 4) is 17.1 Å². The van der Waals surface area contributed by atoms with Crippen molar-refractivity contribution in [2.24, 2.45) is 0 Å². The van der Waals surface area contributed by atoms with E-state index in [0.29, 0.717) is 11.3 Å². The third-order valence-electron chi connectivity index (χ3n) is 3.43. The molecule has 0 atom stereocenters. The molecule has 0 unspecified atom stereocenters. The molecule has 0 fully saturated rings. The molecule has 0 aliphatic rings. The zero-order valence-electron chi connectivity index (χ0n) is 14.0. The molecule has 0 saturated carbocycles. The van der Waals surface area contributed by atoms with Gasteiger partial charge in [-0.1, -0.05) is 0 Å². The fraction of sp³-hybridized carbons (Fsp3) is 0.176. The fourth-order valence-electron chi connectivity index (χ4n) is 2.18. The Morgan fingerprint density at radius 3 is 2.39 bits per heavy atom. The SMILES string of the molecule is FC(F)Oc1ccc(CNc2cc(C(F)(F)F)nc(-c3ccncc3)n2)nc1. The highest BCUT2D eigenvalue weighted by Crippen LogP contribution is 2.30. The summed E-state index contributed by atoms with van der Waals surface area (Å²) >= 11 is 0. The number of hydrogen-bond acceptors (Lipinski definition) is 6. The summed E-state index contributed by atoms with van der Waals surface area (Å²) < 4.78 is 67.9. The highest BCUT2D eigenvalue weighted by molar-refractivity contribution is 5.57. The van der Waals surface area contributed by atoms with E-state index < -0.39 is 18.5 Å². The second-order valence-corrected chi connectivity index (χ2v) is 5.41. The molecule has 0 aliphatic heterocycles. The number of ether oxygens (including phenoxy) is 1. The average molecular weight is 397 g/mol. The second kappa shape index (κ2) is 8.11. The third kappa shape index (κ3) is 5.09. The van der Waals surface area contributed by atoms with E-state index in [9.17, 15) is 22.0 Å². The summed E-state index contributed by atoms with van der Waals surface area (Å²) in [7, 11) is 0. The smallest absolute Gasteiger partial charge is 0.433 e. The van der Waals surface area contributed by atoms with E-state index in [1.54, 1.807) is 0 Å². The molecule has 3 aromatic rings. The predicted molar refractivity (Wildman–Crippen MR) is 88.5 cm³/mol. The van der Waals surface area contributed by atoms with Crippen molar-refractivity contribution in [3.63, 3.8) is 0 Å². The standard InChI is InChI=1S/C17H12F5N5O/c18-16(19)28-12-2-1-11(24-9-12)8-25-14-7-13(17(20,21)22)26-15(27-14)10-3-5-23-6-4-10/h1-7,9,16H,8H2,(H,25,26,27). The summed E-state index contributed by atoms with van der Waals surface area (Å²) in [5, 5.41) is 2.73. The molecule has 3 heterocycles. The quantitative estimate of drug-likeness (QED) is 0.630. The summed E-state index contributed by atoms with van der Waals surface area (Å²) in [6.07, 6.45) is -0.738. The van der Waals surface area contributed by atoms with Crippen LogP contribution in [0.2, 0.25) is 0 Å². The Morgan fingerprint density at radius 1 is 1.04 bits per heavy atom. The summed E-state index contributed by atoms with van der Waals surface area (Å²) in [4.78, 5) is 15.4. The first-order valence-electron chi connectivity index (χ1n) is 7.81. The van der Waals surface area contributed by atoms with E-state index in [-0.39, 0.29) is 23.9 Å². The summed E-state index contributed by atoms with van der Waals surface area (Å²) in [6.45, 7) is -2.96. The summed E-state index contributed by atoms with van der Waals surface area (Å²) in [5.41, 5.74) is -0.347. The van der Waals surface area contributed by atoms with Crippen LogP contribution in [0.25, 0.3) is 11.4 Å². The minimum Gasteiger partial charge on any atom is -0.433 e. The summed E-state index contributed by atoms with van der Waals surface area (Å²) in [6, 6.07) is 6.43. The molecule has 28 heavy (non-hydrogen) atoms. The van der Waals surface area contributed by atoms with E-state index in [1.807, 2.05) is 0 Å². The van der Waals surface area contributed by atoms with Crippen LogP contribution in [-0.2, 0) is 12.7 Å². The third-order valence-corrected chi connectivity index (χ3v) is 3.43. The van der Waals surface area contributed by atoms with Gasteiger partial charge in [0.1, 0.15) is 11.6 Å². The summed E-state index contributed by atoms with van der Waals surface area (Å²) in [5.74, 6) is -0.308. The lowest BCUT2D eigenvalue weighted by molar-refractivity contribution is -0.141. The molecular formula is C17H12F5N5O. The Balaban J connectivity index is 1.81. The van der Waals surface area contributed by atoms with Crippen molar-refractivity contribution < 1.29 is 26.7 Å². The maximum absolute atomic E-state index is 13.2. The first kappa shape index (κ1) is 19.4. The van der Waals surface area contributed by atoms with Gasteiger partial charge in [0.25, 0.3) is 0 Å². The van der Waals surface area contributed by atoms with Gasteiger partial charge in [0.05, 0.1) is 18.4 Å². The van der Waals surface area contributed by atoms with Crippen molar-refractivity contribution >= 4 is 5.82 Å². The van der Waals surface area contributed by atoms with E-state index in [4.69, 9.17) is 0 Å². The van der Waals surface area contributed by atoms with Gasteiger partial charge in [-0.15, -0.1) is 0 Å². The van der Waals surface area contributed by atoms with Gasteiger partial charge in [0, 0.05) is 24.0 Å². The normalized spacial score (nSPS) is 11.5. The molecule has 3 aromatic heterocycles. The topological polar surface area (TPSA) is 72.8 Å².